The zero-order chi connectivity index (χ0) is 11.0. The fraction of sp³-hybridized carbons (Fsp3) is 0.600. The lowest BCUT2D eigenvalue weighted by atomic mass is 9.93. The van der Waals surface area contributed by atoms with Crippen molar-refractivity contribution in [2.75, 3.05) is 6.61 Å². The van der Waals surface area contributed by atoms with Crippen LogP contribution < -0.4 is 0 Å². The number of hydrogen-bond donors (Lipinski definition) is 0. The lowest BCUT2D eigenvalue weighted by molar-refractivity contribution is -0.217. The fourth-order valence-corrected chi connectivity index (χ4v) is 1.92. The van der Waals surface area contributed by atoms with Crippen molar-refractivity contribution in [1.82, 2.24) is 5.06 Å². The van der Waals surface area contributed by atoms with Gasteiger partial charge in [0.15, 0.2) is 0 Å². The summed E-state index contributed by atoms with van der Waals surface area (Å²) in [4.78, 5) is 27.4. The summed E-state index contributed by atoms with van der Waals surface area (Å²) in [6, 6.07) is -0.214. The molecule has 0 aromatic rings. The van der Waals surface area contributed by atoms with Gasteiger partial charge in [-0.05, 0) is 5.57 Å². The molecule has 2 aliphatic heterocycles. The lowest BCUT2D eigenvalue weighted by Crippen LogP contribution is -2.53. The van der Waals surface area contributed by atoms with Crippen molar-refractivity contribution < 1.29 is 19.2 Å². The lowest BCUT2D eigenvalue weighted by Gasteiger charge is -2.41. The molecule has 2 atom stereocenters. The molecule has 82 valence electrons. The molecule has 0 saturated carbocycles. The van der Waals surface area contributed by atoms with Crippen molar-refractivity contribution in [2.45, 2.75) is 31.9 Å². The minimum Gasteiger partial charge on any atom is -0.373 e. The van der Waals surface area contributed by atoms with Crippen LogP contribution in [-0.2, 0) is 19.2 Å². The largest absolute Gasteiger partial charge is 0.373 e. The zero-order valence-corrected chi connectivity index (χ0v) is 8.56. The Hall–Kier alpha value is -1.36. The summed E-state index contributed by atoms with van der Waals surface area (Å²) in [6.07, 6.45) is 0.884. The molecule has 0 aliphatic carbocycles. The number of fused-ring (bicyclic) bond motifs is 2. The maximum atomic E-state index is 11.6. The second-order valence-corrected chi connectivity index (χ2v) is 3.85. The summed E-state index contributed by atoms with van der Waals surface area (Å²) in [5, 5.41) is 1.14. The zero-order valence-electron chi connectivity index (χ0n) is 8.56. The normalized spacial score (nSPS) is 30.3. The van der Waals surface area contributed by atoms with E-state index in [1.165, 1.54) is 6.92 Å². The first-order chi connectivity index (χ1) is 7.08. The Morgan fingerprint density at radius 1 is 1.67 bits per heavy atom. The van der Waals surface area contributed by atoms with Crippen molar-refractivity contribution in [2.24, 2.45) is 0 Å². The van der Waals surface area contributed by atoms with E-state index in [4.69, 9.17) is 9.57 Å². The molecule has 0 aromatic heterocycles. The Labute approximate surface area is 87.6 Å². The van der Waals surface area contributed by atoms with E-state index in [0.29, 0.717) is 13.0 Å². The van der Waals surface area contributed by atoms with Crippen LogP contribution in [0.4, 0.5) is 0 Å². The van der Waals surface area contributed by atoms with Crippen LogP contribution in [0.15, 0.2) is 12.2 Å². The summed E-state index contributed by atoms with van der Waals surface area (Å²) < 4.78 is 5.40. The number of hydroxylamine groups is 2. The van der Waals surface area contributed by atoms with Crippen molar-refractivity contribution in [3.8, 4) is 0 Å². The minimum atomic E-state index is -0.485. The smallest absolute Gasteiger partial charge is 0.329 e. The number of hydrogen-bond acceptors (Lipinski definition) is 4. The van der Waals surface area contributed by atoms with E-state index in [9.17, 15) is 9.59 Å². The maximum Gasteiger partial charge on any atom is 0.329 e. The second kappa shape index (κ2) is 3.66. The predicted molar refractivity (Wildman–Crippen MR) is 50.5 cm³/mol. The third kappa shape index (κ3) is 1.87. The van der Waals surface area contributed by atoms with E-state index in [0.717, 1.165) is 10.6 Å². The van der Waals surface area contributed by atoms with Crippen LogP contribution in [0.1, 0.15) is 19.8 Å². The quantitative estimate of drug-likeness (QED) is 0.589. The number of nitrogens with zero attached hydrogens (tertiary/aromatic N) is 1. The Morgan fingerprint density at radius 3 is 3.07 bits per heavy atom. The summed E-state index contributed by atoms with van der Waals surface area (Å²) in [6.45, 7) is 5.53. The molecule has 2 fully saturated rings. The molecule has 5 heteroatoms. The monoisotopic (exact) mass is 211 g/mol. The van der Waals surface area contributed by atoms with Crippen molar-refractivity contribution >= 4 is 11.9 Å². The van der Waals surface area contributed by atoms with E-state index in [1.807, 2.05) is 0 Å². The molecular weight excluding hydrogens is 198 g/mol. The third-order valence-electron chi connectivity index (χ3n) is 2.62. The molecule has 2 heterocycles. The Bertz CT molecular complexity index is 325. The van der Waals surface area contributed by atoms with Crippen molar-refractivity contribution in [3.63, 3.8) is 0 Å². The van der Waals surface area contributed by atoms with Gasteiger partial charge in [0.25, 0.3) is 5.91 Å². The second-order valence-electron chi connectivity index (χ2n) is 3.85. The van der Waals surface area contributed by atoms with E-state index in [1.54, 1.807) is 0 Å². The van der Waals surface area contributed by atoms with Gasteiger partial charge in [0.1, 0.15) is 0 Å². The van der Waals surface area contributed by atoms with Gasteiger partial charge in [0.2, 0.25) is 0 Å². The highest BCUT2D eigenvalue weighted by Gasteiger charge is 2.41. The average Bonchev–Trinajstić information content (AvgIpc) is 2.16. The standard InChI is InChI=1S/C10H13NO4/c1-6-5-14-8-3-9(6)11(10(13)4-8)15-7(2)12/h8-9H,1,3-5H2,2H3. The van der Waals surface area contributed by atoms with Gasteiger partial charge < -0.3 is 9.57 Å². The number of carbonyl (C=O) groups excluding carboxylic acids is 2. The topological polar surface area (TPSA) is 55.8 Å². The summed E-state index contributed by atoms with van der Waals surface area (Å²) in [7, 11) is 0. The Morgan fingerprint density at radius 2 is 2.40 bits per heavy atom. The van der Waals surface area contributed by atoms with Gasteiger partial charge in [-0.25, -0.2) is 0 Å². The van der Waals surface area contributed by atoms with Crippen LogP contribution in [0.3, 0.4) is 0 Å². The fourth-order valence-electron chi connectivity index (χ4n) is 1.92. The first kappa shape index (κ1) is 10.2. The molecule has 2 bridgehead atoms. The number of piperidine rings is 1. The first-order valence-corrected chi connectivity index (χ1v) is 4.88. The van der Waals surface area contributed by atoms with Gasteiger partial charge in [-0.2, -0.15) is 5.06 Å². The highest BCUT2D eigenvalue weighted by atomic mass is 16.7. The molecule has 0 N–H and O–H groups in total. The van der Waals surface area contributed by atoms with Crippen LogP contribution in [-0.4, -0.2) is 35.7 Å². The van der Waals surface area contributed by atoms with E-state index >= 15 is 0 Å². The maximum absolute atomic E-state index is 11.6. The number of rotatable bonds is 1. The Kier molecular flexibility index (Phi) is 2.48. The molecule has 2 rings (SSSR count). The molecule has 1 amide bonds. The van der Waals surface area contributed by atoms with E-state index in [2.05, 4.69) is 6.58 Å². The molecular formula is C10H13NO4. The minimum absolute atomic E-state index is 0.0557. The highest BCUT2D eigenvalue weighted by Crippen LogP contribution is 2.30. The molecule has 5 nitrogen and oxygen atoms in total. The van der Waals surface area contributed by atoms with Crippen LogP contribution in [0.25, 0.3) is 0 Å². The van der Waals surface area contributed by atoms with Gasteiger partial charge in [0.05, 0.1) is 25.2 Å². The Balaban J connectivity index is 2.16. The van der Waals surface area contributed by atoms with Crippen molar-refractivity contribution in [1.29, 1.82) is 0 Å². The SMILES string of the molecule is C=C1COC2CC(=O)N(OC(C)=O)C1C2. The summed E-state index contributed by atoms with van der Waals surface area (Å²) in [5.74, 6) is -0.701. The molecule has 2 aliphatic rings. The molecule has 2 unspecified atom stereocenters. The van der Waals surface area contributed by atoms with Gasteiger partial charge in [-0.15, -0.1) is 0 Å². The summed E-state index contributed by atoms with van der Waals surface area (Å²) in [5.41, 5.74) is 0.778. The molecule has 15 heavy (non-hydrogen) atoms. The highest BCUT2D eigenvalue weighted by molar-refractivity contribution is 5.79. The molecule has 0 aromatic carbocycles. The van der Waals surface area contributed by atoms with Gasteiger partial charge in [0, 0.05) is 13.3 Å². The number of amides is 1. The van der Waals surface area contributed by atoms with Crippen LogP contribution in [0, 0.1) is 0 Å². The van der Waals surface area contributed by atoms with Crippen LogP contribution in [0.2, 0.25) is 0 Å². The summed E-state index contributed by atoms with van der Waals surface area (Å²) >= 11 is 0. The van der Waals surface area contributed by atoms with E-state index in [-0.39, 0.29) is 24.5 Å². The average molecular weight is 211 g/mol. The first-order valence-electron chi connectivity index (χ1n) is 4.88. The molecule has 2 saturated heterocycles. The van der Waals surface area contributed by atoms with Gasteiger partial charge >= 0.3 is 5.97 Å². The molecule has 0 radical (unpaired) electrons. The molecule has 0 spiro atoms. The predicted octanol–water partition coefficient (Wildman–Crippen LogP) is 0.411. The number of ether oxygens (including phenoxy) is 1. The third-order valence-corrected chi connectivity index (χ3v) is 2.62. The van der Waals surface area contributed by atoms with Crippen LogP contribution in [0.5, 0.6) is 0 Å². The van der Waals surface area contributed by atoms with Gasteiger partial charge in [-0.1, -0.05) is 6.58 Å². The van der Waals surface area contributed by atoms with E-state index < -0.39 is 5.97 Å². The van der Waals surface area contributed by atoms with Crippen LogP contribution >= 0.6 is 0 Å². The number of carbonyl (C=O) groups is 2. The van der Waals surface area contributed by atoms with Crippen molar-refractivity contribution in [3.05, 3.63) is 12.2 Å². The van der Waals surface area contributed by atoms with Gasteiger partial charge in [-0.3, -0.25) is 9.59 Å².